The first kappa shape index (κ1) is 35.3. The number of imidazole rings is 1. The molecule has 0 aliphatic carbocycles. The van der Waals surface area contributed by atoms with Crippen LogP contribution >= 0.6 is 0 Å². The number of rotatable bonds is 10. The van der Waals surface area contributed by atoms with E-state index < -0.39 is 5.91 Å². The van der Waals surface area contributed by atoms with E-state index >= 15 is 0 Å². The molecule has 6 heterocycles. The van der Waals surface area contributed by atoms with E-state index in [0.29, 0.717) is 56.7 Å². The molecule has 2 aliphatic heterocycles. The second-order valence-corrected chi connectivity index (χ2v) is 12.3. The van der Waals surface area contributed by atoms with Gasteiger partial charge in [0.1, 0.15) is 17.3 Å². The molecule has 0 unspecified atom stereocenters. The third kappa shape index (κ3) is 9.22. The number of amides is 2. The Morgan fingerprint density at radius 3 is 1.80 bits per heavy atom. The van der Waals surface area contributed by atoms with Gasteiger partial charge in [-0.3, -0.25) is 19.6 Å². The maximum absolute atomic E-state index is 13.0. The first-order chi connectivity index (χ1) is 26.3. The molecule has 4 aromatic heterocycles. The van der Waals surface area contributed by atoms with Crippen LogP contribution in [-0.4, -0.2) is 59.2 Å². The fraction of sp³-hybridized carbons (Fsp3) is 0.158. The zero-order chi connectivity index (χ0) is 37.3. The monoisotopic (exact) mass is 729 g/mol. The van der Waals surface area contributed by atoms with Gasteiger partial charge in [0.05, 0.1) is 31.5 Å². The van der Waals surface area contributed by atoms with Crippen molar-refractivity contribution in [3.63, 3.8) is 0 Å². The molecular weight excluding hydrogens is 696 g/mol. The number of halogens is 2. The van der Waals surface area contributed by atoms with Gasteiger partial charge in [0.25, 0.3) is 11.8 Å². The van der Waals surface area contributed by atoms with Crippen LogP contribution in [0.3, 0.4) is 0 Å². The minimum atomic E-state index is -0.401. The van der Waals surface area contributed by atoms with Crippen LogP contribution < -0.4 is 10.6 Å². The molecule has 0 fully saturated rings. The summed E-state index contributed by atoms with van der Waals surface area (Å²) >= 11 is 0. The van der Waals surface area contributed by atoms with E-state index in [1.165, 1.54) is 24.3 Å². The van der Waals surface area contributed by atoms with Gasteiger partial charge in [-0.05, 0) is 70.8 Å². The van der Waals surface area contributed by atoms with Crippen molar-refractivity contribution in [2.24, 2.45) is 9.98 Å². The van der Waals surface area contributed by atoms with Gasteiger partial charge in [0.15, 0.2) is 11.6 Å². The predicted molar refractivity (Wildman–Crippen MR) is 194 cm³/mol. The second-order valence-electron chi connectivity index (χ2n) is 12.3. The average Bonchev–Trinajstić information content (AvgIpc) is 3.83. The van der Waals surface area contributed by atoms with Crippen molar-refractivity contribution in [2.75, 3.05) is 0 Å². The highest BCUT2D eigenvalue weighted by atomic mass is 19.1. The number of benzene rings is 2. The number of fused-ring (bicyclic) bond motifs is 2. The standard InChI is InChI=1S/C19H17FN6O.C19H16FN5O2/c20-15-3-1-14(2-4-15)10-26-11-16-17(23-12-26)25-18(24-16)19(27)22-9-13-5-7-21-8-6-13;20-15-3-1-14(2-4-15)10-25-11-16-18(23-12-25)27-19(24-16)17(26)22-9-13-5-7-21-8-6-13/h1-8,12H,9-11H2,(H,22,27)(H,24,25);1-8,12H,9-11H2,(H,22,26). The van der Waals surface area contributed by atoms with E-state index in [1.54, 1.807) is 61.7 Å². The number of hydrogen-bond donors (Lipinski definition) is 3. The van der Waals surface area contributed by atoms with Crippen LogP contribution in [-0.2, 0) is 39.3 Å². The fourth-order valence-corrected chi connectivity index (χ4v) is 5.48. The molecule has 0 saturated heterocycles. The zero-order valence-corrected chi connectivity index (χ0v) is 28.7. The summed E-state index contributed by atoms with van der Waals surface area (Å²) in [5.41, 5.74) is 5.17. The Morgan fingerprint density at radius 2 is 1.20 bits per heavy atom. The van der Waals surface area contributed by atoms with Crippen LogP contribution in [0.2, 0.25) is 0 Å². The summed E-state index contributed by atoms with van der Waals surface area (Å²) in [6.07, 6.45) is 10.0. The maximum atomic E-state index is 13.0. The smallest absolute Gasteiger partial charge is 0.307 e. The first-order valence-corrected chi connectivity index (χ1v) is 16.8. The first-order valence-electron chi connectivity index (χ1n) is 16.8. The van der Waals surface area contributed by atoms with Crippen molar-refractivity contribution in [3.05, 3.63) is 155 Å². The average molecular weight is 730 g/mol. The van der Waals surface area contributed by atoms with Crippen molar-refractivity contribution < 1.29 is 22.8 Å². The van der Waals surface area contributed by atoms with Crippen molar-refractivity contribution in [2.45, 2.75) is 39.3 Å². The number of carbonyl (C=O) groups excluding carboxylic acids is 2. The zero-order valence-electron chi connectivity index (χ0n) is 28.7. The Balaban J connectivity index is 0.000000167. The van der Waals surface area contributed by atoms with Crippen LogP contribution in [0.15, 0.2) is 112 Å². The number of hydrogen-bond acceptors (Lipinski definition) is 11. The summed E-state index contributed by atoms with van der Waals surface area (Å²) in [5.74, 6) is -0.164. The van der Waals surface area contributed by atoms with Crippen LogP contribution in [0.25, 0.3) is 0 Å². The third-order valence-electron chi connectivity index (χ3n) is 8.24. The van der Waals surface area contributed by atoms with Gasteiger partial charge in [-0.15, -0.1) is 0 Å². The minimum absolute atomic E-state index is 0.0187. The Labute approximate surface area is 307 Å². The molecule has 2 aromatic carbocycles. The Hall–Kier alpha value is -7.10. The van der Waals surface area contributed by atoms with Crippen molar-refractivity contribution in [1.29, 1.82) is 0 Å². The Kier molecular flexibility index (Phi) is 10.8. The molecule has 54 heavy (non-hydrogen) atoms. The number of H-pyrrole nitrogens is 1. The molecule has 0 bridgehead atoms. The lowest BCUT2D eigenvalue weighted by Gasteiger charge is -2.21. The van der Waals surface area contributed by atoms with E-state index in [2.05, 4.69) is 45.5 Å². The quantitative estimate of drug-likeness (QED) is 0.168. The summed E-state index contributed by atoms with van der Waals surface area (Å²) in [7, 11) is 0. The van der Waals surface area contributed by atoms with Crippen LogP contribution in [0.4, 0.5) is 20.5 Å². The van der Waals surface area contributed by atoms with Gasteiger partial charge in [0, 0.05) is 51.0 Å². The minimum Gasteiger partial charge on any atom is -0.413 e. The van der Waals surface area contributed by atoms with E-state index in [1.807, 2.05) is 34.1 Å². The number of aliphatic imine (C=N–C) groups is 2. The summed E-state index contributed by atoms with van der Waals surface area (Å²) < 4.78 is 31.5. The number of pyridine rings is 2. The molecule has 16 heteroatoms. The summed E-state index contributed by atoms with van der Waals surface area (Å²) in [4.78, 5) is 56.4. The molecule has 2 amide bonds. The summed E-state index contributed by atoms with van der Waals surface area (Å²) in [5, 5.41) is 5.58. The van der Waals surface area contributed by atoms with Gasteiger partial charge in [-0.1, -0.05) is 24.3 Å². The summed E-state index contributed by atoms with van der Waals surface area (Å²) in [6, 6.07) is 19.9. The van der Waals surface area contributed by atoms with Crippen molar-refractivity contribution >= 4 is 36.2 Å². The van der Waals surface area contributed by atoms with Crippen molar-refractivity contribution in [3.8, 4) is 0 Å². The van der Waals surface area contributed by atoms with Gasteiger partial charge in [-0.25, -0.2) is 28.7 Å². The molecule has 0 radical (unpaired) electrons. The molecule has 272 valence electrons. The van der Waals surface area contributed by atoms with Crippen LogP contribution in [0, 0.1) is 11.6 Å². The Morgan fingerprint density at radius 1 is 0.667 bits per heavy atom. The van der Waals surface area contributed by atoms with Gasteiger partial charge >= 0.3 is 5.91 Å². The van der Waals surface area contributed by atoms with Crippen LogP contribution in [0.5, 0.6) is 0 Å². The topological polar surface area (TPSA) is 170 Å². The number of nitrogens with zero attached hydrogens (tertiary/aromatic N) is 8. The number of carbonyl (C=O) groups is 2. The Bertz CT molecular complexity index is 2100. The molecule has 6 aromatic rings. The van der Waals surface area contributed by atoms with E-state index in [-0.39, 0.29) is 29.3 Å². The molecule has 0 atom stereocenters. The molecule has 0 saturated carbocycles. The second kappa shape index (κ2) is 16.5. The lowest BCUT2D eigenvalue weighted by Crippen LogP contribution is -2.24. The summed E-state index contributed by atoms with van der Waals surface area (Å²) in [6.45, 7) is 2.89. The van der Waals surface area contributed by atoms with E-state index in [0.717, 1.165) is 27.9 Å². The fourth-order valence-electron chi connectivity index (χ4n) is 5.48. The molecule has 0 spiro atoms. The number of aromatic nitrogens is 5. The highest BCUT2D eigenvalue weighted by Gasteiger charge is 2.23. The number of aromatic amines is 1. The highest BCUT2D eigenvalue weighted by Crippen LogP contribution is 2.26. The number of oxazole rings is 1. The van der Waals surface area contributed by atoms with Crippen LogP contribution in [0.1, 0.15) is 54.9 Å². The lowest BCUT2D eigenvalue weighted by molar-refractivity contribution is 0.0915. The third-order valence-corrected chi connectivity index (χ3v) is 8.24. The largest absolute Gasteiger partial charge is 0.413 e. The SMILES string of the molecule is O=C(NCc1ccncc1)c1nc2c([nH]1)CN(Cc1ccc(F)cc1)C=N2.O=C(NCc1ccncc1)c1nc2c(o1)N=CN(Cc1ccc(F)cc1)C2. The number of nitrogens with one attached hydrogen (secondary N) is 3. The normalized spacial score (nSPS) is 12.7. The highest BCUT2D eigenvalue weighted by molar-refractivity contribution is 5.91. The molecular formula is C38H33F2N11O3. The molecule has 8 rings (SSSR count). The maximum Gasteiger partial charge on any atom is 0.307 e. The van der Waals surface area contributed by atoms with Gasteiger partial charge in [-0.2, -0.15) is 0 Å². The molecule has 2 aliphatic rings. The molecule has 3 N–H and O–H groups in total. The van der Waals surface area contributed by atoms with Gasteiger partial charge < -0.3 is 29.8 Å². The lowest BCUT2D eigenvalue weighted by atomic mass is 10.2. The van der Waals surface area contributed by atoms with E-state index in [9.17, 15) is 18.4 Å². The molecule has 14 nitrogen and oxygen atoms in total. The van der Waals surface area contributed by atoms with E-state index in [4.69, 9.17) is 4.42 Å². The van der Waals surface area contributed by atoms with Gasteiger partial charge in [0.2, 0.25) is 5.88 Å². The predicted octanol–water partition coefficient (Wildman–Crippen LogP) is 5.36. The van der Waals surface area contributed by atoms with Crippen molar-refractivity contribution in [1.82, 2.24) is 45.4 Å².